The molecule has 1 aromatic carbocycles. The first-order chi connectivity index (χ1) is 12.9. The molecule has 1 radical (unpaired) electrons. The second-order valence-electron chi connectivity index (χ2n) is 8.22. The molecule has 0 fully saturated rings. The smallest absolute Gasteiger partial charge is 0 e. The average Bonchev–Trinajstić information content (AvgIpc) is 2.67. The van der Waals surface area contributed by atoms with Gasteiger partial charge < -0.3 is 0 Å². The van der Waals surface area contributed by atoms with Crippen LogP contribution in [0.3, 0.4) is 0 Å². The van der Waals surface area contributed by atoms with E-state index in [0.717, 1.165) is 0 Å². The maximum absolute atomic E-state index is 2.38. The minimum atomic E-state index is 0. The first kappa shape index (κ1) is 27.2. The van der Waals surface area contributed by atoms with Crippen LogP contribution in [-0.2, 0) is 12.8 Å². The van der Waals surface area contributed by atoms with E-state index in [9.17, 15) is 0 Å². The van der Waals surface area contributed by atoms with Gasteiger partial charge in [0.2, 0.25) is 0 Å². The van der Waals surface area contributed by atoms with Crippen LogP contribution in [0.1, 0.15) is 128 Å². The molecule has 1 rings (SSSR count). The summed E-state index contributed by atoms with van der Waals surface area (Å²) < 4.78 is 0. The molecule has 0 aliphatic rings. The first-order valence-electron chi connectivity index (χ1n) is 11.9. The molecule has 0 heterocycles. The van der Waals surface area contributed by atoms with Gasteiger partial charge in [0.1, 0.15) is 0 Å². The quantitative estimate of drug-likeness (QED) is 0.176. The van der Waals surface area contributed by atoms with Crippen molar-refractivity contribution in [3.05, 3.63) is 35.4 Å². The molecule has 0 aliphatic carbocycles. The Bertz CT molecular complexity index is 373. The number of unbranched alkanes of at least 4 members (excludes halogenated alkanes) is 14. The molecular weight excluding hydrogens is 335 g/mol. The number of hydrogen-bond donors (Lipinski definition) is 0. The van der Waals surface area contributed by atoms with Crippen LogP contribution in [0.2, 0.25) is 0 Å². The zero-order chi connectivity index (χ0) is 18.7. The van der Waals surface area contributed by atoms with Crippen molar-refractivity contribution in [3.63, 3.8) is 0 Å². The normalized spacial score (nSPS) is 10.7. The van der Waals surface area contributed by atoms with Gasteiger partial charge in [-0.2, -0.15) is 0 Å². The fourth-order valence-electron chi connectivity index (χ4n) is 3.94. The van der Waals surface area contributed by atoms with Gasteiger partial charge in [-0.05, 0) is 36.8 Å². The summed E-state index contributed by atoms with van der Waals surface area (Å²) in [7, 11) is 0. The van der Waals surface area contributed by atoms with E-state index in [1.807, 2.05) is 0 Å². The Hall–Kier alpha value is 0.220. The van der Waals surface area contributed by atoms with E-state index >= 15 is 0 Å². The number of benzene rings is 1. The van der Waals surface area contributed by atoms with Crippen molar-refractivity contribution in [1.82, 2.24) is 0 Å². The molecule has 0 saturated heterocycles. The zero-order valence-corrected chi connectivity index (χ0v) is 21.0. The van der Waals surface area contributed by atoms with Crippen LogP contribution in [0, 0.1) is 0 Å². The Morgan fingerprint density at radius 2 is 0.741 bits per heavy atom. The monoisotopic (exact) mass is 381 g/mol. The molecule has 0 amide bonds. The standard InChI is InChI=1S/C26H46.Na/c1-3-5-7-9-11-13-15-17-21-25-23-19-20-24-26(25)22-18-16-14-12-10-8-6-4-2;/h19-20,23-24H,3-18,21-22H2,1-2H3;. The van der Waals surface area contributed by atoms with E-state index in [0.29, 0.717) is 0 Å². The van der Waals surface area contributed by atoms with Crippen LogP contribution >= 0.6 is 0 Å². The average molecular weight is 382 g/mol. The van der Waals surface area contributed by atoms with Gasteiger partial charge >= 0.3 is 0 Å². The topological polar surface area (TPSA) is 0 Å². The van der Waals surface area contributed by atoms with Crippen molar-refractivity contribution >= 4 is 29.6 Å². The molecule has 0 nitrogen and oxygen atoms in total. The third kappa shape index (κ3) is 15.8. The van der Waals surface area contributed by atoms with Gasteiger partial charge in [-0.3, -0.25) is 0 Å². The second-order valence-corrected chi connectivity index (χ2v) is 8.22. The summed E-state index contributed by atoms with van der Waals surface area (Å²) in [4.78, 5) is 0. The van der Waals surface area contributed by atoms with E-state index in [1.54, 1.807) is 11.1 Å². The Morgan fingerprint density at radius 1 is 0.444 bits per heavy atom. The third-order valence-electron chi connectivity index (χ3n) is 5.72. The van der Waals surface area contributed by atoms with Crippen LogP contribution in [0.5, 0.6) is 0 Å². The van der Waals surface area contributed by atoms with E-state index in [-0.39, 0.29) is 29.6 Å². The van der Waals surface area contributed by atoms with Gasteiger partial charge in [-0.1, -0.05) is 128 Å². The summed E-state index contributed by atoms with van der Waals surface area (Å²) in [6.07, 6.45) is 25.3. The Morgan fingerprint density at radius 3 is 1.07 bits per heavy atom. The number of hydrogen-bond acceptors (Lipinski definition) is 0. The molecule has 1 aromatic rings. The van der Waals surface area contributed by atoms with Crippen molar-refractivity contribution in [2.45, 2.75) is 129 Å². The molecule has 0 aromatic heterocycles. The maximum Gasteiger partial charge on any atom is 0 e. The van der Waals surface area contributed by atoms with Gasteiger partial charge in [-0.25, -0.2) is 0 Å². The molecule has 1 heteroatoms. The molecule has 27 heavy (non-hydrogen) atoms. The fraction of sp³-hybridized carbons (Fsp3) is 0.769. The second kappa shape index (κ2) is 20.9. The Kier molecular flexibility index (Phi) is 21.1. The van der Waals surface area contributed by atoms with Crippen LogP contribution in [-0.4, -0.2) is 29.6 Å². The van der Waals surface area contributed by atoms with Crippen molar-refractivity contribution in [2.24, 2.45) is 0 Å². The van der Waals surface area contributed by atoms with Gasteiger partial charge in [-0.15, -0.1) is 0 Å². The molecule has 0 spiro atoms. The molecule has 0 N–H and O–H groups in total. The molecular formula is C26H46Na. The van der Waals surface area contributed by atoms with Gasteiger partial charge in [0.05, 0.1) is 0 Å². The van der Waals surface area contributed by atoms with E-state index in [4.69, 9.17) is 0 Å². The number of rotatable bonds is 18. The fourth-order valence-corrected chi connectivity index (χ4v) is 3.94. The SMILES string of the molecule is CCCCCCCCCCc1ccccc1CCCCCCCCCC.[Na]. The Balaban J connectivity index is 0.00000676. The van der Waals surface area contributed by atoms with Crippen LogP contribution in [0.15, 0.2) is 24.3 Å². The van der Waals surface area contributed by atoms with Crippen molar-refractivity contribution in [2.75, 3.05) is 0 Å². The van der Waals surface area contributed by atoms with Crippen molar-refractivity contribution in [3.8, 4) is 0 Å². The molecule has 0 unspecified atom stereocenters. The summed E-state index contributed by atoms with van der Waals surface area (Å²) in [6, 6.07) is 9.22. The molecule has 0 bridgehead atoms. The molecule has 0 atom stereocenters. The molecule has 0 saturated carbocycles. The summed E-state index contributed by atoms with van der Waals surface area (Å²) in [5.74, 6) is 0. The minimum absolute atomic E-state index is 0. The van der Waals surface area contributed by atoms with E-state index < -0.39 is 0 Å². The van der Waals surface area contributed by atoms with Gasteiger partial charge in [0, 0.05) is 29.6 Å². The predicted octanol–water partition coefficient (Wildman–Crippen LogP) is 8.67. The maximum atomic E-state index is 2.38. The zero-order valence-electron chi connectivity index (χ0n) is 19.0. The van der Waals surface area contributed by atoms with Crippen molar-refractivity contribution < 1.29 is 0 Å². The number of aryl methyl sites for hydroxylation is 2. The van der Waals surface area contributed by atoms with E-state index in [2.05, 4.69) is 38.1 Å². The summed E-state index contributed by atoms with van der Waals surface area (Å²) >= 11 is 0. The molecule has 0 aliphatic heterocycles. The Labute approximate surface area is 193 Å². The summed E-state index contributed by atoms with van der Waals surface area (Å²) in [5.41, 5.74) is 3.25. The van der Waals surface area contributed by atoms with Crippen molar-refractivity contribution in [1.29, 1.82) is 0 Å². The van der Waals surface area contributed by atoms with Crippen LogP contribution < -0.4 is 0 Å². The predicted molar refractivity (Wildman–Crippen MR) is 125 cm³/mol. The summed E-state index contributed by atoms with van der Waals surface area (Å²) in [6.45, 7) is 4.59. The van der Waals surface area contributed by atoms with E-state index in [1.165, 1.54) is 116 Å². The largest absolute Gasteiger partial charge is 0.0654 e. The first-order valence-corrected chi connectivity index (χ1v) is 11.9. The van der Waals surface area contributed by atoms with Crippen LogP contribution in [0.4, 0.5) is 0 Å². The third-order valence-corrected chi connectivity index (χ3v) is 5.72. The van der Waals surface area contributed by atoms with Gasteiger partial charge in [0.25, 0.3) is 0 Å². The minimum Gasteiger partial charge on any atom is -0.0654 e. The summed E-state index contributed by atoms with van der Waals surface area (Å²) in [5, 5.41) is 0. The van der Waals surface area contributed by atoms with Gasteiger partial charge in [0.15, 0.2) is 0 Å². The molecule has 151 valence electrons. The van der Waals surface area contributed by atoms with Crippen LogP contribution in [0.25, 0.3) is 0 Å².